The van der Waals surface area contributed by atoms with E-state index in [1.165, 1.54) is 22.3 Å². The summed E-state index contributed by atoms with van der Waals surface area (Å²) >= 11 is 3.37. The molecule has 69 heavy (non-hydrogen) atoms. The molecule has 0 spiro atoms. The molecule has 8 nitrogen and oxygen atoms in total. The molecule has 7 rings (SSSR count). The number of thiophene rings is 2. The number of nitrogens with zero attached hydrogens (tertiary/aromatic N) is 2. The average Bonchev–Trinajstić information content (AvgIpc) is 4.13. The lowest BCUT2D eigenvalue weighted by atomic mass is 10.0. The van der Waals surface area contributed by atoms with E-state index >= 15 is 0 Å². The number of alkyl carbamates (subject to hydrolysis) is 2. The molecule has 0 saturated heterocycles. The first-order chi connectivity index (χ1) is 33.8. The van der Waals surface area contributed by atoms with E-state index in [1.807, 2.05) is 0 Å². The SMILES string of the molecule is CCCCNC(=O)OCCN(CC)c1ccc(/C=C/c2ccc(C#Cc3ccc4c(c3)Cc3cc(C#Cc5ccc(/C=C/c6ccc(N(CC)CCOC(=O)NCCCC)cc6)s5)ccc3-4)s2)cc1. The van der Waals surface area contributed by atoms with Crippen LogP contribution in [0, 0.1) is 23.7 Å². The number of amides is 2. The van der Waals surface area contributed by atoms with Gasteiger partial charge in [0.15, 0.2) is 0 Å². The first-order valence-electron chi connectivity index (χ1n) is 24.2. The number of hydrogen-bond donors (Lipinski definition) is 2. The topological polar surface area (TPSA) is 83.1 Å². The maximum Gasteiger partial charge on any atom is 0.407 e. The first kappa shape index (κ1) is 49.9. The number of unbranched alkanes of at least 4 members (excludes halogenated alkanes) is 2. The minimum absolute atomic E-state index is 0.342. The van der Waals surface area contributed by atoms with Crippen molar-refractivity contribution in [1.82, 2.24) is 10.6 Å². The number of nitrogens with one attached hydrogen (secondary N) is 2. The van der Waals surface area contributed by atoms with Gasteiger partial charge in [-0.05, 0) is 151 Å². The van der Waals surface area contributed by atoms with Crippen LogP contribution in [0.1, 0.15) is 106 Å². The van der Waals surface area contributed by atoms with Crippen molar-refractivity contribution in [3.8, 4) is 34.8 Å². The molecule has 1 aliphatic carbocycles. The minimum atomic E-state index is -0.351. The maximum absolute atomic E-state index is 11.9. The van der Waals surface area contributed by atoms with E-state index in [2.05, 4.69) is 205 Å². The van der Waals surface area contributed by atoms with E-state index in [9.17, 15) is 9.59 Å². The normalized spacial score (nSPS) is 11.3. The van der Waals surface area contributed by atoms with Gasteiger partial charge in [0.25, 0.3) is 0 Å². The van der Waals surface area contributed by atoms with Gasteiger partial charge in [-0.2, -0.15) is 0 Å². The lowest BCUT2D eigenvalue weighted by Gasteiger charge is -2.23. The van der Waals surface area contributed by atoms with Crippen molar-refractivity contribution in [2.75, 3.05) is 62.3 Å². The number of ether oxygens (including phenoxy) is 2. The molecule has 0 bridgehead atoms. The third-order valence-electron chi connectivity index (χ3n) is 11.7. The molecule has 2 N–H and O–H groups in total. The van der Waals surface area contributed by atoms with Crippen molar-refractivity contribution in [3.05, 3.63) is 162 Å². The molecule has 4 aromatic carbocycles. The Bertz CT molecular complexity index is 2640. The second kappa shape index (κ2) is 26.0. The Morgan fingerprint density at radius 2 is 0.986 bits per heavy atom. The third kappa shape index (κ3) is 15.0. The predicted octanol–water partition coefficient (Wildman–Crippen LogP) is 13.2. The fourth-order valence-electron chi connectivity index (χ4n) is 7.88. The molecule has 0 aliphatic heterocycles. The molecule has 6 aromatic rings. The lowest BCUT2D eigenvalue weighted by molar-refractivity contribution is 0.148. The number of fused-ring (bicyclic) bond motifs is 3. The standard InChI is InChI=1S/C59H62N4O4S2/c1-5-9-35-60-58(64)66-39-37-62(7-3)50-21-11-44(12-22-50)15-25-52-29-31-54(68-52)27-17-46-19-33-56-48(41-46)43-49-42-47(20-34-57(49)56)18-28-55-32-30-53(69-55)26-16-45-13-23-51(24-14-45)63(8-4)38-40-67-59(65)61-36-10-6-2/h11-16,19-26,29-34,41-42H,5-10,35-40,43H2,1-4H3,(H,60,64)(H,61,65)/b25-15+,26-16+. The molecular weight excluding hydrogens is 893 g/mol. The lowest BCUT2D eigenvalue weighted by Crippen LogP contribution is -2.31. The Balaban J connectivity index is 0.875. The number of rotatable bonds is 20. The zero-order valence-corrected chi connectivity index (χ0v) is 41.9. The van der Waals surface area contributed by atoms with Crippen molar-refractivity contribution in [3.63, 3.8) is 0 Å². The highest BCUT2D eigenvalue weighted by Gasteiger charge is 2.19. The summed E-state index contributed by atoms with van der Waals surface area (Å²) in [4.78, 5) is 32.5. The highest BCUT2D eigenvalue weighted by atomic mass is 32.1. The summed E-state index contributed by atoms with van der Waals surface area (Å²) in [6.45, 7) is 13.3. The molecule has 10 heteroatoms. The number of hydrogen-bond acceptors (Lipinski definition) is 8. The summed E-state index contributed by atoms with van der Waals surface area (Å²) < 4.78 is 10.7. The second-order valence-electron chi connectivity index (χ2n) is 16.7. The van der Waals surface area contributed by atoms with Crippen LogP contribution in [-0.2, 0) is 15.9 Å². The highest BCUT2D eigenvalue weighted by molar-refractivity contribution is 7.13. The molecule has 2 heterocycles. The van der Waals surface area contributed by atoms with Crippen molar-refractivity contribution in [2.24, 2.45) is 0 Å². The first-order valence-corrected chi connectivity index (χ1v) is 25.8. The molecule has 0 atom stereocenters. The smallest absolute Gasteiger partial charge is 0.407 e. The Kier molecular flexibility index (Phi) is 18.8. The number of benzene rings is 4. The van der Waals surface area contributed by atoms with Gasteiger partial charge < -0.3 is 29.9 Å². The van der Waals surface area contributed by atoms with Gasteiger partial charge in [0.1, 0.15) is 13.2 Å². The maximum atomic E-state index is 11.9. The van der Waals surface area contributed by atoms with Crippen LogP contribution < -0.4 is 20.4 Å². The quantitative estimate of drug-likeness (QED) is 0.0585. The van der Waals surface area contributed by atoms with Crippen LogP contribution in [0.4, 0.5) is 21.0 Å². The monoisotopic (exact) mass is 954 g/mol. The molecule has 2 aromatic heterocycles. The number of carbonyl (C=O) groups excluding carboxylic acids is 2. The number of likely N-dealkylation sites (N-methyl/N-ethyl adjacent to an activating group) is 2. The van der Waals surface area contributed by atoms with Crippen molar-refractivity contribution >= 4 is 70.5 Å². The van der Waals surface area contributed by atoms with E-state index in [1.54, 1.807) is 22.7 Å². The van der Waals surface area contributed by atoms with Gasteiger partial charge in [-0.25, -0.2) is 9.59 Å². The van der Waals surface area contributed by atoms with E-state index < -0.39 is 0 Å². The summed E-state index contributed by atoms with van der Waals surface area (Å²) in [5.41, 5.74) is 11.6. The molecule has 0 fully saturated rings. The molecule has 0 unspecified atom stereocenters. The fraction of sp³-hybridized carbons (Fsp3) is 0.288. The van der Waals surface area contributed by atoms with Gasteiger partial charge in [-0.3, -0.25) is 0 Å². The molecular formula is C59H62N4O4S2. The van der Waals surface area contributed by atoms with E-state index in [0.29, 0.717) is 39.4 Å². The van der Waals surface area contributed by atoms with Gasteiger partial charge >= 0.3 is 12.2 Å². The van der Waals surface area contributed by atoms with Crippen LogP contribution in [0.25, 0.3) is 35.4 Å². The van der Waals surface area contributed by atoms with Crippen molar-refractivity contribution < 1.29 is 19.1 Å². The second-order valence-corrected chi connectivity index (χ2v) is 18.9. The average molecular weight is 955 g/mol. The number of anilines is 2. The predicted molar refractivity (Wildman–Crippen MR) is 290 cm³/mol. The Morgan fingerprint density at radius 3 is 1.39 bits per heavy atom. The number of carbonyl (C=O) groups is 2. The largest absolute Gasteiger partial charge is 0.448 e. The van der Waals surface area contributed by atoms with Crippen LogP contribution in [-0.4, -0.2) is 64.7 Å². The Labute approximate surface area is 417 Å². The van der Waals surface area contributed by atoms with Gasteiger partial charge in [0.05, 0.1) is 22.8 Å². The summed E-state index contributed by atoms with van der Waals surface area (Å²) in [5.74, 6) is 13.6. The summed E-state index contributed by atoms with van der Waals surface area (Å²) in [6, 6.07) is 38.5. The summed E-state index contributed by atoms with van der Waals surface area (Å²) in [6.07, 6.45) is 12.7. The molecule has 2 amide bonds. The third-order valence-corrected chi connectivity index (χ3v) is 13.7. The van der Waals surface area contributed by atoms with Gasteiger partial charge in [0, 0.05) is 58.4 Å². The van der Waals surface area contributed by atoms with Crippen LogP contribution in [0.2, 0.25) is 0 Å². The van der Waals surface area contributed by atoms with E-state index in [0.717, 1.165) is 98.3 Å². The van der Waals surface area contributed by atoms with Crippen LogP contribution in [0.3, 0.4) is 0 Å². The van der Waals surface area contributed by atoms with Gasteiger partial charge in [-0.1, -0.05) is 98.9 Å². The zero-order chi connectivity index (χ0) is 48.2. The van der Waals surface area contributed by atoms with Crippen molar-refractivity contribution in [2.45, 2.75) is 59.8 Å². The van der Waals surface area contributed by atoms with Gasteiger partial charge in [0.2, 0.25) is 0 Å². The fourth-order valence-corrected chi connectivity index (χ4v) is 9.40. The molecule has 1 aliphatic rings. The molecule has 354 valence electrons. The van der Waals surface area contributed by atoms with Gasteiger partial charge in [-0.15, -0.1) is 22.7 Å². The summed E-state index contributed by atoms with van der Waals surface area (Å²) in [7, 11) is 0. The molecule has 0 radical (unpaired) electrons. The van der Waals surface area contributed by atoms with Crippen LogP contribution in [0.15, 0.2) is 109 Å². The minimum Gasteiger partial charge on any atom is -0.448 e. The Hall–Kier alpha value is -6.98. The van der Waals surface area contributed by atoms with Crippen molar-refractivity contribution in [1.29, 1.82) is 0 Å². The van der Waals surface area contributed by atoms with Crippen LogP contribution in [0.5, 0.6) is 0 Å². The zero-order valence-electron chi connectivity index (χ0n) is 40.2. The molecule has 0 saturated carbocycles. The van der Waals surface area contributed by atoms with Crippen LogP contribution >= 0.6 is 22.7 Å². The highest BCUT2D eigenvalue weighted by Crippen LogP contribution is 2.37. The van der Waals surface area contributed by atoms with E-state index in [4.69, 9.17) is 9.47 Å². The Morgan fingerprint density at radius 1 is 0.551 bits per heavy atom. The summed E-state index contributed by atoms with van der Waals surface area (Å²) in [5, 5.41) is 5.59. The van der Waals surface area contributed by atoms with E-state index in [-0.39, 0.29) is 12.2 Å².